The lowest BCUT2D eigenvalue weighted by Crippen LogP contribution is -2.17. The smallest absolute Gasteiger partial charge is 0.161 e. The molecule has 2 rings (SSSR count). The van der Waals surface area contributed by atoms with Crippen LogP contribution in [0, 0.1) is 3.57 Å². The number of aromatic nitrogens is 2. The number of hydrogen-bond acceptors (Lipinski definition) is 3. The zero-order valence-corrected chi connectivity index (χ0v) is 11.9. The van der Waals surface area contributed by atoms with Crippen molar-refractivity contribution in [1.82, 2.24) is 9.78 Å². The second kappa shape index (κ2) is 5.05. The molecule has 0 aliphatic rings. The molecule has 1 atom stereocenters. The lowest BCUT2D eigenvalue weighted by Gasteiger charge is -2.15. The van der Waals surface area contributed by atoms with Crippen LogP contribution < -0.4 is 10.5 Å². The zero-order valence-electron chi connectivity index (χ0n) is 9.72. The van der Waals surface area contributed by atoms with E-state index in [2.05, 4.69) is 27.7 Å². The maximum absolute atomic E-state index is 6.29. The summed E-state index contributed by atoms with van der Waals surface area (Å²) in [5, 5.41) is 4.17. The fourth-order valence-corrected chi connectivity index (χ4v) is 2.54. The van der Waals surface area contributed by atoms with Crippen molar-refractivity contribution >= 4 is 22.6 Å². The number of aryl methyl sites for hydroxylation is 1. The molecule has 0 amide bonds. The van der Waals surface area contributed by atoms with Gasteiger partial charge in [-0.25, -0.2) is 0 Å². The van der Waals surface area contributed by atoms with E-state index in [1.54, 1.807) is 18.0 Å². The van der Waals surface area contributed by atoms with E-state index in [0.717, 1.165) is 20.6 Å². The molecule has 0 spiro atoms. The summed E-state index contributed by atoms with van der Waals surface area (Å²) < 4.78 is 8.18. The summed E-state index contributed by atoms with van der Waals surface area (Å²) >= 11 is 2.29. The molecular weight excluding hydrogens is 329 g/mol. The van der Waals surface area contributed by atoms with Crippen LogP contribution in [-0.2, 0) is 7.05 Å². The minimum Gasteiger partial charge on any atom is -0.493 e. The Labute approximate surface area is 114 Å². The Hall–Kier alpha value is -1.08. The largest absolute Gasteiger partial charge is 0.493 e. The summed E-state index contributed by atoms with van der Waals surface area (Å²) in [4.78, 5) is 0. The predicted octanol–water partition coefficient (Wildman–Crippen LogP) is 2.08. The monoisotopic (exact) mass is 343 g/mol. The summed E-state index contributed by atoms with van der Waals surface area (Å²) in [6.07, 6.45) is 1.69. The fraction of sp³-hybridized carbons (Fsp3) is 0.250. The number of methoxy groups -OCH3 is 1. The molecule has 0 bridgehead atoms. The SMILES string of the molecule is COc1cnn(C)c1C(N)c1ccccc1I. The molecule has 0 fully saturated rings. The minimum absolute atomic E-state index is 0.231. The fourth-order valence-electron chi connectivity index (χ4n) is 1.81. The normalized spacial score (nSPS) is 12.5. The van der Waals surface area contributed by atoms with Crippen LogP contribution >= 0.6 is 22.6 Å². The number of benzene rings is 1. The average molecular weight is 343 g/mol. The molecule has 1 heterocycles. The van der Waals surface area contributed by atoms with Crippen molar-refractivity contribution < 1.29 is 4.74 Å². The molecule has 4 nitrogen and oxygen atoms in total. The van der Waals surface area contributed by atoms with Crippen molar-refractivity contribution in [3.8, 4) is 5.75 Å². The molecule has 1 aromatic carbocycles. The van der Waals surface area contributed by atoms with Gasteiger partial charge in [0.2, 0.25) is 0 Å². The van der Waals surface area contributed by atoms with Gasteiger partial charge in [-0.3, -0.25) is 4.68 Å². The summed E-state index contributed by atoms with van der Waals surface area (Å²) in [6, 6.07) is 7.82. The summed E-state index contributed by atoms with van der Waals surface area (Å²) in [6.45, 7) is 0. The highest BCUT2D eigenvalue weighted by atomic mass is 127. The van der Waals surface area contributed by atoms with E-state index in [4.69, 9.17) is 10.5 Å². The van der Waals surface area contributed by atoms with Gasteiger partial charge >= 0.3 is 0 Å². The van der Waals surface area contributed by atoms with Crippen molar-refractivity contribution in [2.75, 3.05) is 7.11 Å². The van der Waals surface area contributed by atoms with Crippen molar-refractivity contribution in [2.24, 2.45) is 12.8 Å². The number of ether oxygens (including phenoxy) is 1. The van der Waals surface area contributed by atoms with Crippen LogP contribution in [-0.4, -0.2) is 16.9 Å². The molecule has 2 N–H and O–H groups in total. The summed E-state index contributed by atoms with van der Waals surface area (Å²) in [5.41, 5.74) is 8.26. The van der Waals surface area contributed by atoms with Crippen LogP contribution in [0.5, 0.6) is 5.75 Å². The van der Waals surface area contributed by atoms with Gasteiger partial charge in [-0.2, -0.15) is 5.10 Å². The molecule has 0 saturated carbocycles. The van der Waals surface area contributed by atoms with E-state index in [0.29, 0.717) is 0 Å². The highest BCUT2D eigenvalue weighted by Crippen LogP contribution is 2.29. The van der Waals surface area contributed by atoms with Crippen LogP contribution in [0.1, 0.15) is 17.3 Å². The molecule has 0 aliphatic heterocycles. The van der Waals surface area contributed by atoms with E-state index >= 15 is 0 Å². The highest BCUT2D eigenvalue weighted by Gasteiger charge is 2.20. The third-order valence-corrected chi connectivity index (χ3v) is 3.69. The molecule has 17 heavy (non-hydrogen) atoms. The van der Waals surface area contributed by atoms with Crippen LogP contribution in [0.25, 0.3) is 0 Å². The second-order valence-corrected chi connectivity index (χ2v) is 4.88. The highest BCUT2D eigenvalue weighted by molar-refractivity contribution is 14.1. The molecule has 2 aromatic rings. The van der Waals surface area contributed by atoms with Crippen molar-refractivity contribution in [3.63, 3.8) is 0 Å². The van der Waals surface area contributed by atoms with Gasteiger partial charge in [0, 0.05) is 10.6 Å². The van der Waals surface area contributed by atoms with Gasteiger partial charge in [0.05, 0.1) is 19.3 Å². The van der Waals surface area contributed by atoms with Gasteiger partial charge in [0.1, 0.15) is 5.69 Å². The topological polar surface area (TPSA) is 53.1 Å². The number of halogens is 1. The number of nitrogens with zero attached hydrogens (tertiary/aromatic N) is 2. The number of rotatable bonds is 3. The molecule has 90 valence electrons. The lowest BCUT2D eigenvalue weighted by atomic mass is 10.0. The van der Waals surface area contributed by atoms with E-state index in [9.17, 15) is 0 Å². The molecule has 0 saturated heterocycles. The first-order valence-corrected chi connectivity index (χ1v) is 6.29. The quantitative estimate of drug-likeness (QED) is 0.869. The van der Waals surface area contributed by atoms with Gasteiger partial charge in [-0.15, -0.1) is 0 Å². The maximum atomic E-state index is 6.29. The molecule has 1 aromatic heterocycles. The zero-order chi connectivity index (χ0) is 12.4. The summed E-state index contributed by atoms with van der Waals surface area (Å²) in [7, 11) is 3.50. The second-order valence-electron chi connectivity index (χ2n) is 3.72. The van der Waals surface area contributed by atoms with Crippen LogP contribution in [0.15, 0.2) is 30.5 Å². The van der Waals surface area contributed by atoms with E-state index < -0.39 is 0 Å². The Kier molecular flexibility index (Phi) is 3.68. The third-order valence-electron chi connectivity index (χ3n) is 2.70. The van der Waals surface area contributed by atoms with Crippen molar-refractivity contribution in [3.05, 3.63) is 45.3 Å². The summed E-state index contributed by atoms with van der Waals surface area (Å²) in [5.74, 6) is 0.722. The van der Waals surface area contributed by atoms with Gasteiger partial charge in [-0.1, -0.05) is 18.2 Å². The van der Waals surface area contributed by atoms with Crippen molar-refractivity contribution in [1.29, 1.82) is 0 Å². The maximum Gasteiger partial charge on any atom is 0.161 e. The number of nitrogens with two attached hydrogens (primary N) is 1. The Morgan fingerprint density at radius 3 is 2.76 bits per heavy atom. The molecule has 5 heteroatoms. The molecule has 1 unspecified atom stereocenters. The lowest BCUT2D eigenvalue weighted by molar-refractivity contribution is 0.406. The first kappa shape index (κ1) is 12.4. The van der Waals surface area contributed by atoms with E-state index in [-0.39, 0.29) is 6.04 Å². The first-order valence-electron chi connectivity index (χ1n) is 5.21. The van der Waals surface area contributed by atoms with Crippen LogP contribution in [0.3, 0.4) is 0 Å². The van der Waals surface area contributed by atoms with Crippen molar-refractivity contribution in [2.45, 2.75) is 6.04 Å². The van der Waals surface area contributed by atoms with Crippen LogP contribution in [0.2, 0.25) is 0 Å². The molecule has 0 radical (unpaired) electrons. The number of hydrogen-bond donors (Lipinski definition) is 1. The standard InChI is InChI=1S/C12H14IN3O/c1-16-12(10(17-2)7-15-16)11(14)8-5-3-4-6-9(8)13/h3-7,11H,14H2,1-2H3. The Morgan fingerprint density at radius 2 is 2.12 bits per heavy atom. The van der Waals surface area contributed by atoms with E-state index in [1.807, 2.05) is 31.3 Å². The van der Waals surface area contributed by atoms with Gasteiger partial charge < -0.3 is 10.5 Å². The van der Waals surface area contributed by atoms with E-state index in [1.165, 1.54) is 0 Å². The van der Waals surface area contributed by atoms with Gasteiger partial charge in [-0.05, 0) is 34.2 Å². The minimum atomic E-state index is -0.231. The third kappa shape index (κ3) is 2.30. The Morgan fingerprint density at radius 1 is 1.41 bits per heavy atom. The van der Waals surface area contributed by atoms with Crippen LogP contribution in [0.4, 0.5) is 0 Å². The van der Waals surface area contributed by atoms with Gasteiger partial charge in [0.15, 0.2) is 5.75 Å². The first-order chi connectivity index (χ1) is 8.15. The Balaban J connectivity index is 2.47. The average Bonchev–Trinajstić information content (AvgIpc) is 2.70. The Bertz CT molecular complexity index is 524. The molecular formula is C12H14IN3O. The predicted molar refractivity (Wildman–Crippen MR) is 74.9 cm³/mol. The molecule has 0 aliphatic carbocycles. The van der Waals surface area contributed by atoms with Gasteiger partial charge in [0.25, 0.3) is 0 Å².